The molecule has 4 heteroatoms. The van der Waals surface area contributed by atoms with Crippen molar-refractivity contribution in [2.24, 2.45) is 0 Å². The smallest absolute Gasteiger partial charge is 0.203 e. The van der Waals surface area contributed by atoms with E-state index in [0.717, 1.165) is 47.6 Å². The molecule has 0 saturated heterocycles. The fourth-order valence-corrected chi connectivity index (χ4v) is 8.88. The highest BCUT2D eigenvalue weighted by Crippen LogP contribution is 2.41. The summed E-state index contributed by atoms with van der Waals surface area (Å²) in [4.78, 5) is 0. The van der Waals surface area contributed by atoms with Crippen LogP contribution in [0.2, 0.25) is 0 Å². The van der Waals surface area contributed by atoms with Gasteiger partial charge < -0.3 is 18.8 Å². The lowest BCUT2D eigenvalue weighted by Gasteiger charge is -2.20. The summed E-state index contributed by atoms with van der Waals surface area (Å²) in [7, 11) is 0. The Morgan fingerprint density at radius 1 is 0.426 bits per heavy atom. The normalized spacial score (nSPS) is 11.4. The van der Waals surface area contributed by atoms with Crippen molar-refractivity contribution in [1.29, 1.82) is 0 Å². The van der Waals surface area contributed by atoms with Gasteiger partial charge in [-0.15, -0.1) is 6.42 Å². The molecule has 0 atom stereocenters. The second-order valence-electron chi connectivity index (χ2n) is 18.0. The molecule has 0 aliphatic carbocycles. The summed E-state index contributed by atoms with van der Waals surface area (Å²) in [6.07, 6.45) is 45.1. The third-order valence-corrected chi connectivity index (χ3v) is 12.6. The second kappa shape index (κ2) is 32.1. The van der Waals surface area contributed by atoms with Crippen molar-refractivity contribution in [2.45, 2.75) is 220 Å². The first-order chi connectivity index (χ1) is 30.2. The minimum Gasteiger partial charge on any atom is -0.490 e. The molecule has 0 spiro atoms. The molecule has 0 saturated carbocycles. The summed E-state index contributed by atoms with van der Waals surface area (Å²) in [5, 5.41) is 2.42. The molecule has 0 aliphatic heterocycles. The summed E-state index contributed by atoms with van der Waals surface area (Å²) in [6.45, 7) is 9.64. The highest BCUT2D eigenvalue weighted by molar-refractivity contribution is 6.08. The second-order valence-corrected chi connectivity index (χ2v) is 18.0. The van der Waals surface area contributed by atoms with E-state index in [4.69, 9.17) is 20.6 Å². The number of unbranched alkanes of at least 4 members (excludes halogenated alkanes) is 27. The van der Waals surface area contributed by atoms with Crippen LogP contribution in [-0.2, 0) is 6.54 Å². The first-order valence-corrected chi connectivity index (χ1v) is 25.7. The maximum Gasteiger partial charge on any atom is 0.203 e. The lowest BCUT2D eigenvalue weighted by Crippen LogP contribution is -2.08. The quantitative estimate of drug-likeness (QED) is 0.0333. The number of ether oxygens (including phenoxy) is 3. The molecule has 1 heterocycles. The Kier molecular flexibility index (Phi) is 26.4. The highest BCUT2D eigenvalue weighted by atomic mass is 16.5. The summed E-state index contributed by atoms with van der Waals surface area (Å²) < 4.78 is 22.6. The van der Waals surface area contributed by atoms with Crippen molar-refractivity contribution < 1.29 is 14.2 Å². The number of fused-ring (bicyclic) bond motifs is 3. The largest absolute Gasteiger partial charge is 0.490 e. The Labute approximate surface area is 374 Å². The van der Waals surface area contributed by atoms with E-state index in [2.05, 4.69) is 85.9 Å². The van der Waals surface area contributed by atoms with Gasteiger partial charge >= 0.3 is 0 Å². The van der Waals surface area contributed by atoms with Gasteiger partial charge in [0.25, 0.3) is 0 Å². The first kappa shape index (κ1) is 50.1. The van der Waals surface area contributed by atoms with Gasteiger partial charge in [0.2, 0.25) is 5.75 Å². The summed E-state index contributed by atoms with van der Waals surface area (Å²) in [6, 6.07) is 19.5. The molecule has 0 N–H and O–H groups in total. The molecule has 0 fully saturated rings. The number of para-hydroxylation sites is 1. The molecule has 4 nitrogen and oxygen atoms in total. The van der Waals surface area contributed by atoms with Gasteiger partial charge in [-0.25, -0.2) is 0 Å². The van der Waals surface area contributed by atoms with Crippen LogP contribution in [0.3, 0.4) is 0 Å². The number of hydrogen-bond acceptors (Lipinski definition) is 3. The summed E-state index contributed by atoms with van der Waals surface area (Å²) >= 11 is 0. The molecule has 0 amide bonds. The van der Waals surface area contributed by atoms with Crippen LogP contribution in [0.25, 0.3) is 21.8 Å². The number of rotatable bonds is 38. The summed E-state index contributed by atoms with van der Waals surface area (Å²) in [5.74, 6) is 5.29. The average Bonchev–Trinajstić information content (AvgIpc) is 3.59. The third-order valence-electron chi connectivity index (χ3n) is 12.6. The van der Waals surface area contributed by atoms with Gasteiger partial charge in [-0.2, -0.15) is 0 Å². The van der Waals surface area contributed by atoms with Crippen molar-refractivity contribution in [2.75, 3.05) is 19.8 Å². The lowest BCUT2D eigenvalue weighted by atomic mass is 10.1. The van der Waals surface area contributed by atoms with Crippen LogP contribution in [0.5, 0.6) is 17.2 Å². The maximum absolute atomic E-state index is 6.74. The lowest BCUT2D eigenvalue weighted by molar-refractivity contribution is 0.234. The van der Waals surface area contributed by atoms with Gasteiger partial charge in [-0.3, -0.25) is 0 Å². The molecule has 0 unspecified atom stereocenters. The molecule has 1 aromatic heterocycles. The fourth-order valence-electron chi connectivity index (χ4n) is 8.88. The molecule has 61 heavy (non-hydrogen) atoms. The monoisotopic (exact) mass is 834 g/mol. The zero-order valence-electron chi connectivity index (χ0n) is 39.5. The predicted octanol–water partition coefficient (Wildman–Crippen LogP) is 17.7. The van der Waals surface area contributed by atoms with E-state index >= 15 is 0 Å². The molecule has 338 valence electrons. The molecular weight excluding hydrogens is 747 g/mol. The van der Waals surface area contributed by atoms with Crippen molar-refractivity contribution >= 4 is 21.8 Å². The topological polar surface area (TPSA) is 32.6 Å². The summed E-state index contributed by atoms with van der Waals surface area (Å²) in [5.41, 5.74) is 4.45. The zero-order valence-corrected chi connectivity index (χ0v) is 39.5. The maximum atomic E-state index is 6.74. The van der Waals surface area contributed by atoms with Crippen molar-refractivity contribution in [1.82, 2.24) is 4.57 Å². The van der Waals surface area contributed by atoms with Gasteiger partial charge in [0.05, 0.1) is 19.8 Å². The Balaban J connectivity index is 1.47. The number of hydrogen-bond donors (Lipinski definition) is 0. The predicted molar refractivity (Wildman–Crippen MR) is 265 cm³/mol. The first-order valence-electron chi connectivity index (χ1n) is 25.7. The molecule has 0 aliphatic rings. The number of nitrogens with zero attached hydrogens (tertiary/aromatic N) is 1. The number of aromatic nitrogens is 1. The SMILES string of the molecule is C#Cc1ccc2c(c1)c1ccccc1n2Cc1cc(OCCCCCCCCCCCC)c(OCCCCCCCCCCCC)c(OCCCCCCCCCCCC)c1. The van der Waals surface area contributed by atoms with Crippen molar-refractivity contribution in [3.8, 4) is 29.6 Å². The Morgan fingerprint density at radius 3 is 1.26 bits per heavy atom. The number of terminal acetylenes is 1. The Hall–Kier alpha value is -3.58. The third kappa shape index (κ3) is 19.1. The van der Waals surface area contributed by atoms with Gasteiger partial charge in [-0.05, 0) is 61.2 Å². The van der Waals surface area contributed by atoms with Gasteiger partial charge in [-0.1, -0.05) is 218 Å². The molecule has 0 bridgehead atoms. The average molecular weight is 834 g/mol. The molecule has 4 aromatic rings. The van der Waals surface area contributed by atoms with Gasteiger partial charge in [0, 0.05) is 33.9 Å². The van der Waals surface area contributed by atoms with E-state index in [9.17, 15) is 0 Å². The highest BCUT2D eigenvalue weighted by Gasteiger charge is 2.18. The van der Waals surface area contributed by atoms with E-state index in [-0.39, 0.29) is 0 Å². The zero-order chi connectivity index (χ0) is 43.0. The van der Waals surface area contributed by atoms with Crippen LogP contribution in [0.4, 0.5) is 0 Å². The molecular formula is C57H87NO3. The van der Waals surface area contributed by atoms with Crippen LogP contribution in [0.15, 0.2) is 54.6 Å². The van der Waals surface area contributed by atoms with E-state index in [1.54, 1.807) is 0 Å². The van der Waals surface area contributed by atoms with E-state index in [0.29, 0.717) is 26.4 Å². The fraction of sp³-hybridized carbons (Fsp3) is 0.649. The van der Waals surface area contributed by atoms with Crippen LogP contribution < -0.4 is 14.2 Å². The Bertz CT molecular complexity index is 1720. The Morgan fingerprint density at radius 2 is 0.820 bits per heavy atom. The van der Waals surface area contributed by atoms with Gasteiger partial charge in [0.1, 0.15) is 0 Å². The molecule has 0 radical (unpaired) electrons. The van der Waals surface area contributed by atoms with Crippen LogP contribution in [0, 0.1) is 12.3 Å². The van der Waals surface area contributed by atoms with E-state index in [1.165, 1.54) is 195 Å². The van der Waals surface area contributed by atoms with Crippen molar-refractivity contribution in [3.05, 3.63) is 65.7 Å². The van der Waals surface area contributed by atoms with E-state index in [1.807, 2.05) is 0 Å². The number of benzene rings is 3. The minimum absolute atomic E-state index is 0.684. The van der Waals surface area contributed by atoms with Gasteiger partial charge in [0.15, 0.2) is 11.5 Å². The minimum atomic E-state index is 0.684. The van der Waals surface area contributed by atoms with Crippen LogP contribution in [-0.4, -0.2) is 24.4 Å². The molecule has 3 aromatic carbocycles. The van der Waals surface area contributed by atoms with Crippen molar-refractivity contribution in [3.63, 3.8) is 0 Å². The van der Waals surface area contributed by atoms with E-state index < -0.39 is 0 Å². The molecule has 4 rings (SSSR count). The van der Waals surface area contributed by atoms with Crippen LogP contribution in [0.1, 0.15) is 225 Å². The standard InChI is InChI=1S/C57H87NO3/c1-5-9-12-15-18-21-24-27-30-35-42-59-55-46-50(48-58-53-39-34-33-38-51(53)52-45-49(8-4)40-41-54(52)58)47-56(60-43-36-31-28-25-22-19-16-13-10-6-2)57(55)61-44-37-32-29-26-23-20-17-14-11-7-3/h4,33-34,38-41,45-47H,5-7,9-32,35-37,42-44,48H2,1-3H3. The van der Waals surface area contributed by atoms with Crippen LogP contribution >= 0.6 is 0 Å².